The Balaban J connectivity index is 1.90. The number of benzene rings is 1. The summed E-state index contributed by atoms with van der Waals surface area (Å²) in [5.74, 6) is -0.370. The zero-order chi connectivity index (χ0) is 28.7. The van der Waals surface area contributed by atoms with E-state index in [4.69, 9.17) is 14.1 Å². The molecule has 0 amide bonds. The van der Waals surface area contributed by atoms with Crippen LogP contribution in [0, 0.1) is 0 Å². The van der Waals surface area contributed by atoms with Crippen LogP contribution in [-0.4, -0.2) is 48.5 Å². The number of rotatable bonds is 10. The van der Waals surface area contributed by atoms with Crippen molar-refractivity contribution in [1.82, 2.24) is 5.32 Å². The molecule has 0 radical (unpaired) electrons. The highest BCUT2D eigenvalue weighted by atomic mass is 32.1. The van der Waals surface area contributed by atoms with Crippen molar-refractivity contribution in [2.45, 2.75) is 110 Å². The number of nitrogens with one attached hydrogen (secondary N) is 2. The van der Waals surface area contributed by atoms with Crippen molar-refractivity contribution in [3.8, 4) is 0 Å². The van der Waals surface area contributed by atoms with Crippen LogP contribution in [0.4, 0.5) is 5.00 Å². The van der Waals surface area contributed by atoms with Crippen molar-refractivity contribution in [1.29, 1.82) is 0 Å². The van der Waals surface area contributed by atoms with Gasteiger partial charge in [-0.3, -0.25) is 0 Å². The summed E-state index contributed by atoms with van der Waals surface area (Å²) in [5.41, 5.74) is 1.59. The number of carbonyl (C=O) groups excluding carboxylic acids is 1. The van der Waals surface area contributed by atoms with Crippen molar-refractivity contribution in [2.24, 2.45) is 0 Å². The van der Waals surface area contributed by atoms with Crippen molar-refractivity contribution < 1.29 is 24.0 Å². The number of aliphatic hydroxyl groups excluding tert-OH is 1. The van der Waals surface area contributed by atoms with Gasteiger partial charge in [-0.05, 0) is 81.2 Å². The summed E-state index contributed by atoms with van der Waals surface area (Å²) in [7, 11) is 2.05. The van der Waals surface area contributed by atoms with Gasteiger partial charge in [-0.25, -0.2) is 4.79 Å². The molecule has 0 bridgehead atoms. The Hall–Kier alpha value is -1.91. The molecular formula is C29H45BN2O5S. The molecule has 0 spiro atoms. The Morgan fingerprint density at radius 2 is 1.82 bits per heavy atom. The molecule has 210 valence electrons. The molecule has 0 saturated carbocycles. The number of aliphatic hydroxyl groups is 1. The third-order valence-corrected chi connectivity index (χ3v) is 8.97. The van der Waals surface area contributed by atoms with Crippen LogP contribution in [-0.2, 0) is 26.1 Å². The highest BCUT2D eigenvalue weighted by Gasteiger charge is 2.42. The fourth-order valence-corrected chi connectivity index (χ4v) is 6.15. The summed E-state index contributed by atoms with van der Waals surface area (Å²) in [6.07, 6.45) is -0.584. The summed E-state index contributed by atoms with van der Waals surface area (Å²) < 4.78 is 17.5. The largest absolute Gasteiger partial charge is 0.459 e. The van der Waals surface area contributed by atoms with Crippen LogP contribution in [0.1, 0.15) is 102 Å². The normalized spacial score (nSPS) is 17.6. The van der Waals surface area contributed by atoms with Gasteiger partial charge >= 0.3 is 13.5 Å². The first-order valence-corrected chi connectivity index (χ1v) is 14.1. The monoisotopic (exact) mass is 544 g/mol. The summed E-state index contributed by atoms with van der Waals surface area (Å²) in [5, 5.41) is 18.8. The van der Waals surface area contributed by atoms with E-state index in [2.05, 4.69) is 38.3 Å². The molecule has 3 rings (SSSR count). The second-order valence-electron chi connectivity index (χ2n) is 12.7. The molecular weight excluding hydrogens is 499 g/mol. The zero-order valence-electron chi connectivity index (χ0n) is 24.9. The SMILES string of the molecule is COC(C)(C)C(C)(C)OBc1cccc(C(O)Nc2sc3c(c2C(=O)OC(C)C)CC(C)(C)NC3(C)C)c1. The van der Waals surface area contributed by atoms with E-state index < -0.39 is 17.4 Å². The number of carbonyl (C=O) groups is 1. The summed E-state index contributed by atoms with van der Waals surface area (Å²) in [6, 6.07) is 7.65. The molecule has 2 heterocycles. The predicted molar refractivity (Wildman–Crippen MR) is 157 cm³/mol. The molecule has 2 aromatic rings. The molecule has 0 fully saturated rings. The number of esters is 1. The molecule has 0 saturated heterocycles. The number of hydrogen-bond acceptors (Lipinski definition) is 8. The molecule has 1 aromatic carbocycles. The van der Waals surface area contributed by atoms with Gasteiger partial charge in [-0.15, -0.1) is 11.3 Å². The molecule has 1 aliphatic heterocycles. The Bertz CT molecular complexity index is 1160. The van der Waals surface area contributed by atoms with Crippen LogP contribution in [0.2, 0.25) is 0 Å². The molecule has 1 atom stereocenters. The van der Waals surface area contributed by atoms with Gasteiger partial charge in [0.15, 0.2) is 6.23 Å². The lowest BCUT2D eigenvalue weighted by Crippen LogP contribution is -2.55. The van der Waals surface area contributed by atoms with E-state index in [1.807, 2.05) is 65.8 Å². The Morgan fingerprint density at radius 1 is 1.16 bits per heavy atom. The number of methoxy groups -OCH3 is 1. The summed E-state index contributed by atoms with van der Waals surface area (Å²) >= 11 is 1.50. The lowest BCUT2D eigenvalue weighted by atomic mass is 9.81. The van der Waals surface area contributed by atoms with Crippen LogP contribution in [0.15, 0.2) is 24.3 Å². The molecule has 1 aromatic heterocycles. The average molecular weight is 545 g/mol. The van der Waals surface area contributed by atoms with E-state index in [-0.39, 0.29) is 23.2 Å². The predicted octanol–water partition coefficient (Wildman–Crippen LogP) is 4.77. The van der Waals surface area contributed by atoms with E-state index in [1.54, 1.807) is 7.11 Å². The lowest BCUT2D eigenvalue weighted by molar-refractivity contribution is -0.114. The van der Waals surface area contributed by atoms with Gasteiger partial charge in [0.05, 0.1) is 22.9 Å². The second kappa shape index (κ2) is 10.9. The molecule has 9 heteroatoms. The minimum atomic E-state index is -1.02. The minimum absolute atomic E-state index is 0.195. The van der Waals surface area contributed by atoms with Crippen LogP contribution in [0.25, 0.3) is 0 Å². The van der Waals surface area contributed by atoms with Gasteiger partial charge < -0.3 is 29.9 Å². The lowest BCUT2D eigenvalue weighted by Gasteiger charge is -2.42. The zero-order valence-corrected chi connectivity index (χ0v) is 25.7. The van der Waals surface area contributed by atoms with Gasteiger partial charge in [-0.2, -0.15) is 0 Å². The minimum Gasteiger partial charge on any atom is -0.459 e. The third-order valence-electron chi connectivity index (χ3n) is 7.49. The van der Waals surface area contributed by atoms with Gasteiger partial charge in [0, 0.05) is 28.6 Å². The molecule has 1 aliphatic rings. The smallest absolute Gasteiger partial charge is 0.341 e. The average Bonchev–Trinajstić information content (AvgIpc) is 3.14. The molecule has 3 N–H and O–H groups in total. The maximum atomic E-state index is 13.3. The Morgan fingerprint density at radius 3 is 2.42 bits per heavy atom. The number of ether oxygens (including phenoxy) is 2. The third kappa shape index (κ3) is 6.62. The highest BCUT2D eigenvalue weighted by molar-refractivity contribution is 7.17. The maximum Gasteiger partial charge on any atom is 0.341 e. The van der Waals surface area contributed by atoms with Gasteiger partial charge in [-0.1, -0.05) is 29.7 Å². The summed E-state index contributed by atoms with van der Waals surface area (Å²) in [6.45, 7) is 20.2. The van der Waals surface area contributed by atoms with Crippen molar-refractivity contribution in [3.63, 3.8) is 0 Å². The molecule has 7 nitrogen and oxygen atoms in total. The van der Waals surface area contributed by atoms with E-state index >= 15 is 0 Å². The number of thiophene rings is 1. The topological polar surface area (TPSA) is 89.0 Å². The van der Waals surface area contributed by atoms with Gasteiger partial charge in [0.25, 0.3) is 0 Å². The summed E-state index contributed by atoms with van der Waals surface area (Å²) in [4.78, 5) is 14.4. The molecule has 1 unspecified atom stereocenters. The highest BCUT2D eigenvalue weighted by Crippen LogP contribution is 2.46. The number of fused-ring (bicyclic) bond motifs is 1. The first kappa shape index (κ1) is 30.6. The molecule has 38 heavy (non-hydrogen) atoms. The second-order valence-corrected chi connectivity index (χ2v) is 13.7. The van der Waals surface area contributed by atoms with Crippen LogP contribution < -0.4 is 16.1 Å². The maximum absolute atomic E-state index is 13.3. The molecule has 0 aliphatic carbocycles. The van der Waals surface area contributed by atoms with E-state index in [9.17, 15) is 9.90 Å². The standard InChI is InChI=1S/C29H45BN2O5S/c1-17(2)36-25(34)21-20-16-26(3,4)32-27(5,6)22(20)38-24(21)31-23(33)18-13-12-14-19(15-18)30-37-29(9,10)28(7,8)35-11/h12-15,17,23,30-33H,16H2,1-11H3. The number of anilines is 1. The Kier molecular flexibility index (Phi) is 8.81. The van der Waals surface area contributed by atoms with Crippen molar-refractivity contribution in [2.75, 3.05) is 12.4 Å². The fraction of sp³-hybridized carbons (Fsp3) is 0.621. The van der Waals surface area contributed by atoms with E-state index in [1.165, 1.54) is 11.3 Å². The fourth-order valence-electron chi connectivity index (χ4n) is 4.86. The first-order chi connectivity index (χ1) is 17.4. The van der Waals surface area contributed by atoms with Gasteiger partial charge in [0.1, 0.15) is 5.00 Å². The number of hydrogen-bond donors (Lipinski definition) is 3. The Labute approximate surface area is 232 Å². The van der Waals surface area contributed by atoms with E-state index in [0.29, 0.717) is 30.0 Å². The quantitative estimate of drug-likeness (QED) is 0.226. The van der Waals surface area contributed by atoms with Crippen molar-refractivity contribution >= 4 is 35.3 Å². The van der Waals surface area contributed by atoms with Crippen LogP contribution in [0.3, 0.4) is 0 Å². The van der Waals surface area contributed by atoms with Crippen LogP contribution >= 0.6 is 11.3 Å². The van der Waals surface area contributed by atoms with Crippen LogP contribution in [0.5, 0.6) is 0 Å². The van der Waals surface area contributed by atoms with Gasteiger partial charge in [0.2, 0.25) is 0 Å². The van der Waals surface area contributed by atoms with E-state index in [0.717, 1.165) is 15.9 Å². The van der Waals surface area contributed by atoms with Crippen molar-refractivity contribution in [3.05, 3.63) is 45.8 Å². The first-order valence-electron chi connectivity index (χ1n) is 13.3.